The first-order chi connectivity index (χ1) is 13.6. The van der Waals surface area contributed by atoms with E-state index in [-0.39, 0.29) is 17.9 Å². The molecule has 1 amide bonds. The number of hydrogen-bond acceptors (Lipinski definition) is 6. The molecular weight excluding hydrogens is 356 g/mol. The topological polar surface area (TPSA) is 85.3 Å². The fraction of sp³-hybridized carbons (Fsp3) is 0.714. The minimum absolute atomic E-state index is 0.0428. The van der Waals surface area contributed by atoms with Crippen LogP contribution in [0.1, 0.15) is 106 Å². The minimum atomic E-state index is -0.0428. The quantitative estimate of drug-likeness (QED) is 0.725. The van der Waals surface area contributed by atoms with Gasteiger partial charge in [0.05, 0.1) is 5.69 Å². The molecule has 1 atom stereocenters. The van der Waals surface area contributed by atoms with Gasteiger partial charge in [-0.2, -0.15) is 0 Å². The Kier molecular flexibility index (Phi) is 5.78. The lowest BCUT2D eigenvalue weighted by atomic mass is 9.87. The third-order valence-electron chi connectivity index (χ3n) is 5.95. The van der Waals surface area contributed by atoms with E-state index in [0.29, 0.717) is 36.4 Å². The molecule has 0 aromatic carbocycles. The number of oxazole rings is 1. The van der Waals surface area contributed by atoms with E-state index in [0.717, 1.165) is 25.1 Å². The summed E-state index contributed by atoms with van der Waals surface area (Å²) in [5.74, 6) is 2.67. The highest BCUT2D eigenvalue weighted by molar-refractivity contribution is 5.77. The van der Waals surface area contributed by atoms with E-state index >= 15 is 0 Å². The molecule has 0 N–H and O–H groups in total. The minimum Gasteiger partial charge on any atom is -0.446 e. The number of amides is 1. The third kappa shape index (κ3) is 4.13. The van der Waals surface area contributed by atoms with Gasteiger partial charge in [0, 0.05) is 31.2 Å². The first-order valence-electron chi connectivity index (χ1n) is 10.7. The summed E-state index contributed by atoms with van der Waals surface area (Å²) < 4.78 is 11.4. The second kappa shape index (κ2) is 8.45. The summed E-state index contributed by atoms with van der Waals surface area (Å²) in [6.45, 7) is 4.77. The van der Waals surface area contributed by atoms with Gasteiger partial charge in [0.2, 0.25) is 23.6 Å². The molecule has 0 spiro atoms. The molecule has 7 heteroatoms. The van der Waals surface area contributed by atoms with Crippen LogP contribution in [0.5, 0.6) is 0 Å². The van der Waals surface area contributed by atoms with Gasteiger partial charge in [-0.25, -0.2) is 4.98 Å². The van der Waals surface area contributed by atoms with Crippen molar-refractivity contribution in [2.24, 2.45) is 0 Å². The van der Waals surface area contributed by atoms with Gasteiger partial charge in [0.1, 0.15) is 12.3 Å². The van der Waals surface area contributed by atoms with E-state index in [9.17, 15) is 4.79 Å². The summed E-state index contributed by atoms with van der Waals surface area (Å²) in [4.78, 5) is 19.5. The SMILES string of the molecule is CC(C)c1nnc(CCC(=O)N2CCCC2c2nc(C3CCCCC3)co2)o1. The van der Waals surface area contributed by atoms with Gasteiger partial charge in [0.15, 0.2) is 0 Å². The number of carbonyl (C=O) groups is 1. The summed E-state index contributed by atoms with van der Waals surface area (Å²) >= 11 is 0. The van der Waals surface area contributed by atoms with Crippen LogP contribution in [0.3, 0.4) is 0 Å². The fourth-order valence-electron chi connectivity index (χ4n) is 4.32. The Morgan fingerprint density at radius 1 is 1.18 bits per heavy atom. The van der Waals surface area contributed by atoms with Crippen molar-refractivity contribution in [2.75, 3.05) is 6.54 Å². The van der Waals surface area contributed by atoms with Crippen molar-refractivity contribution in [3.63, 3.8) is 0 Å². The van der Waals surface area contributed by atoms with Crippen LogP contribution in [-0.2, 0) is 11.2 Å². The van der Waals surface area contributed by atoms with Crippen LogP contribution in [0.25, 0.3) is 0 Å². The summed E-state index contributed by atoms with van der Waals surface area (Å²) in [5.41, 5.74) is 1.07. The van der Waals surface area contributed by atoms with Crippen molar-refractivity contribution in [2.45, 2.75) is 89.5 Å². The van der Waals surface area contributed by atoms with Crippen molar-refractivity contribution in [1.29, 1.82) is 0 Å². The van der Waals surface area contributed by atoms with Gasteiger partial charge >= 0.3 is 0 Å². The van der Waals surface area contributed by atoms with E-state index in [4.69, 9.17) is 13.8 Å². The van der Waals surface area contributed by atoms with Gasteiger partial charge < -0.3 is 13.7 Å². The molecule has 2 aromatic heterocycles. The Hall–Kier alpha value is -2.18. The Morgan fingerprint density at radius 2 is 2.00 bits per heavy atom. The predicted molar refractivity (Wildman–Crippen MR) is 103 cm³/mol. The first kappa shape index (κ1) is 19.2. The van der Waals surface area contributed by atoms with Crippen LogP contribution in [0.2, 0.25) is 0 Å². The lowest BCUT2D eigenvalue weighted by Gasteiger charge is -2.22. The van der Waals surface area contributed by atoms with Crippen LogP contribution in [-0.4, -0.2) is 32.5 Å². The number of hydrogen-bond donors (Lipinski definition) is 0. The molecule has 1 saturated heterocycles. The normalized spacial score (nSPS) is 21.0. The average Bonchev–Trinajstić information content (AvgIpc) is 3.46. The molecule has 2 aromatic rings. The standard InChI is InChI=1S/C21H30N4O3/c1-14(2)20-24-23-18(28-20)10-11-19(26)25-12-6-9-17(25)21-22-16(13-27-21)15-7-4-3-5-8-15/h13-15,17H,3-12H2,1-2H3. The maximum Gasteiger partial charge on any atom is 0.223 e. The van der Waals surface area contributed by atoms with E-state index in [2.05, 4.69) is 10.2 Å². The monoisotopic (exact) mass is 386 g/mol. The average molecular weight is 386 g/mol. The third-order valence-corrected chi connectivity index (χ3v) is 5.95. The van der Waals surface area contributed by atoms with E-state index in [1.807, 2.05) is 25.0 Å². The number of aryl methyl sites for hydroxylation is 1. The highest BCUT2D eigenvalue weighted by Crippen LogP contribution is 2.36. The molecule has 2 fully saturated rings. The van der Waals surface area contributed by atoms with Gasteiger partial charge in [-0.15, -0.1) is 10.2 Å². The Morgan fingerprint density at radius 3 is 2.75 bits per heavy atom. The lowest BCUT2D eigenvalue weighted by molar-refractivity contribution is -0.132. The van der Waals surface area contributed by atoms with Gasteiger partial charge in [0.25, 0.3) is 0 Å². The van der Waals surface area contributed by atoms with Crippen LogP contribution < -0.4 is 0 Å². The predicted octanol–water partition coefficient (Wildman–Crippen LogP) is 4.53. The lowest BCUT2D eigenvalue weighted by Crippen LogP contribution is -2.31. The number of aromatic nitrogens is 3. The zero-order valence-corrected chi connectivity index (χ0v) is 16.9. The molecule has 1 aliphatic heterocycles. The number of likely N-dealkylation sites (tertiary alicyclic amines) is 1. The largest absolute Gasteiger partial charge is 0.446 e. The Labute approximate surface area is 165 Å². The van der Waals surface area contributed by atoms with Crippen molar-refractivity contribution in [3.05, 3.63) is 29.6 Å². The zero-order chi connectivity index (χ0) is 19.5. The summed E-state index contributed by atoms with van der Waals surface area (Å²) in [5, 5.41) is 8.08. The Bertz CT molecular complexity index is 791. The van der Waals surface area contributed by atoms with E-state index in [1.165, 1.54) is 32.1 Å². The second-order valence-corrected chi connectivity index (χ2v) is 8.38. The number of carbonyl (C=O) groups excluding carboxylic acids is 1. The zero-order valence-electron chi connectivity index (χ0n) is 16.9. The highest BCUT2D eigenvalue weighted by atomic mass is 16.4. The summed E-state index contributed by atoms with van der Waals surface area (Å²) in [6, 6.07) is -0.0428. The molecular formula is C21H30N4O3. The van der Waals surface area contributed by atoms with Gasteiger partial charge in [-0.05, 0) is 25.7 Å². The highest BCUT2D eigenvalue weighted by Gasteiger charge is 2.34. The molecule has 1 saturated carbocycles. The molecule has 1 aliphatic carbocycles. The van der Waals surface area contributed by atoms with Gasteiger partial charge in [-0.1, -0.05) is 33.1 Å². The fourth-order valence-corrected chi connectivity index (χ4v) is 4.32. The molecule has 7 nitrogen and oxygen atoms in total. The van der Waals surface area contributed by atoms with Crippen LogP contribution in [0.15, 0.2) is 15.1 Å². The van der Waals surface area contributed by atoms with E-state index in [1.54, 1.807) is 0 Å². The maximum absolute atomic E-state index is 12.8. The second-order valence-electron chi connectivity index (χ2n) is 8.38. The Balaban J connectivity index is 1.37. The number of rotatable bonds is 6. The smallest absolute Gasteiger partial charge is 0.223 e. The molecule has 4 rings (SSSR count). The maximum atomic E-state index is 12.8. The van der Waals surface area contributed by atoms with Crippen LogP contribution in [0, 0.1) is 0 Å². The number of nitrogens with zero attached hydrogens (tertiary/aromatic N) is 4. The molecule has 1 unspecified atom stereocenters. The molecule has 3 heterocycles. The van der Waals surface area contributed by atoms with Crippen molar-refractivity contribution < 1.29 is 13.6 Å². The van der Waals surface area contributed by atoms with Crippen molar-refractivity contribution in [1.82, 2.24) is 20.1 Å². The summed E-state index contributed by atoms with van der Waals surface area (Å²) in [6.07, 6.45) is 10.8. The van der Waals surface area contributed by atoms with Crippen molar-refractivity contribution >= 4 is 5.91 Å². The van der Waals surface area contributed by atoms with E-state index < -0.39 is 0 Å². The molecule has 28 heavy (non-hydrogen) atoms. The van der Waals surface area contributed by atoms with Crippen LogP contribution in [0.4, 0.5) is 0 Å². The molecule has 0 radical (unpaired) electrons. The molecule has 2 aliphatic rings. The van der Waals surface area contributed by atoms with Crippen LogP contribution >= 0.6 is 0 Å². The van der Waals surface area contributed by atoms with Crippen molar-refractivity contribution in [3.8, 4) is 0 Å². The summed E-state index contributed by atoms with van der Waals surface area (Å²) in [7, 11) is 0. The first-order valence-corrected chi connectivity index (χ1v) is 10.7. The molecule has 152 valence electrons. The molecule has 0 bridgehead atoms. The van der Waals surface area contributed by atoms with Gasteiger partial charge in [-0.3, -0.25) is 4.79 Å².